The van der Waals surface area contributed by atoms with E-state index in [1.54, 1.807) is 24.3 Å². The molecule has 22 heavy (non-hydrogen) atoms. The molecule has 0 aliphatic carbocycles. The summed E-state index contributed by atoms with van der Waals surface area (Å²) in [6.07, 6.45) is 0.577. The summed E-state index contributed by atoms with van der Waals surface area (Å²) < 4.78 is 26.4. The summed E-state index contributed by atoms with van der Waals surface area (Å²) in [5.74, 6) is 0. The van der Waals surface area contributed by atoms with E-state index < -0.39 is 14.4 Å². The zero-order valence-corrected chi connectivity index (χ0v) is 14.0. The van der Waals surface area contributed by atoms with Crippen LogP contribution in [0.3, 0.4) is 0 Å². The molecule has 3 nitrogen and oxygen atoms in total. The summed E-state index contributed by atoms with van der Waals surface area (Å²) in [6, 6.07) is 18.3. The summed E-state index contributed by atoms with van der Waals surface area (Å²) in [6.45, 7) is 0.252. The number of halogens is 2. The van der Waals surface area contributed by atoms with Crippen LogP contribution in [-0.4, -0.2) is 15.0 Å². The SMILES string of the molecule is O=S(=O)(NCCc1ccccc1)C(Cl)=C(Cl)c1ccccc1. The molecule has 116 valence electrons. The molecule has 2 aromatic rings. The first kappa shape index (κ1) is 17.0. The zero-order valence-electron chi connectivity index (χ0n) is 11.7. The van der Waals surface area contributed by atoms with Crippen molar-refractivity contribution >= 4 is 38.3 Å². The molecule has 0 bridgehead atoms. The molecule has 0 saturated heterocycles. The molecule has 0 spiro atoms. The van der Waals surface area contributed by atoms with Crippen molar-refractivity contribution in [3.05, 3.63) is 76.2 Å². The van der Waals surface area contributed by atoms with E-state index in [1.807, 2.05) is 36.4 Å². The van der Waals surface area contributed by atoms with Gasteiger partial charge in [0.05, 0.1) is 5.03 Å². The van der Waals surface area contributed by atoms with Gasteiger partial charge < -0.3 is 0 Å². The second kappa shape index (κ2) is 7.79. The Bertz CT molecular complexity index is 744. The number of hydrogen-bond acceptors (Lipinski definition) is 2. The quantitative estimate of drug-likeness (QED) is 0.852. The van der Waals surface area contributed by atoms with Gasteiger partial charge in [-0.3, -0.25) is 0 Å². The molecule has 1 N–H and O–H groups in total. The smallest absolute Gasteiger partial charge is 0.210 e. The molecule has 0 aliphatic rings. The lowest BCUT2D eigenvalue weighted by atomic mass is 10.2. The van der Waals surface area contributed by atoms with E-state index in [1.165, 1.54) is 0 Å². The van der Waals surface area contributed by atoms with Crippen molar-refractivity contribution in [3.8, 4) is 0 Å². The molecule has 0 fully saturated rings. The van der Waals surface area contributed by atoms with Crippen LogP contribution in [0, 0.1) is 0 Å². The highest BCUT2D eigenvalue weighted by Crippen LogP contribution is 2.28. The summed E-state index contributed by atoms with van der Waals surface area (Å²) in [4.78, 5) is 0. The number of benzene rings is 2. The maximum Gasteiger partial charge on any atom is 0.252 e. The molecule has 0 amide bonds. The van der Waals surface area contributed by atoms with Crippen LogP contribution in [0.2, 0.25) is 0 Å². The summed E-state index contributed by atoms with van der Waals surface area (Å²) in [7, 11) is -3.81. The normalized spacial score (nSPS) is 12.8. The maximum absolute atomic E-state index is 12.2. The fraction of sp³-hybridized carbons (Fsp3) is 0.125. The molecule has 0 saturated carbocycles. The molecule has 0 radical (unpaired) electrons. The minimum atomic E-state index is -3.81. The maximum atomic E-state index is 12.2. The molecule has 2 rings (SSSR count). The van der Waals surface area contributed by atoms with Crippen LogP contribution in [0.25, 0.3) is 5.03 Å². The van der Waals surface area contributed by atoms with Gasteiger partial charge in [-0.1, -0.05) is 83.9 Å². The van der Waals surface area contributed by atoms with Crippen molar-refractivity contribution in [3.63, 3.8) is 0 Å². The molecule has 0 atom stereocenters. The molecule has 0 aromatic heterocycles. The predicted molar refractivity (Wildman–Crippen MR) is 92.1 cm³/mol. The molecule has 0 aliphatic heterocycles. The monoisotopic (exact) mass is 355 g/mol. The Morgan fingerprint density at radius 1 is 0.909 bits per heavy atom. The van der Waals surface area contributed by atoms with Crippen LogP contribution in [0.4, 0.5) is 0 Å². The average molecular weight is 356 g/mol. The van der Waals surface area contributed by atoms with Gasteiger partial charge in [0.15, 0.2) is 4.36 Å². The third-order valence-corrected chi connectivity index (χ3v) is 5.66. The van der Waals surface area contributed by atoms with E-state index in [4.69, 9.17) is 23.2 Å². The second-order valence-electron chi connectivity index (χ2n) is 4.59. The molecule has 2 aromatic carbocycles. The molecular formula is C16H15Cl2NO2S. The van der Waals surface area contributed by atoms with Gasteiger partial charge in [-0.2, -0.15) is 0 Å². The number of nitrogens with one attached hydrogen (secondary N) is 1. The Kier molecular flexibility index (Phi) is 6.03. The lowest BCUT2D eigenvalue weighted by Crippen LogP contribution is -2.26. The lowest BCUT2D eigenvalue weighted by molar-refractivity contribution is 0.590. The first-order valence-electron chi connectivity index (χ1n) is 6.65. The van der Waals surface area contributed by atoms with E-state index in [0.29, 0.717) is 12.0 Å². The minimum Gasteiger partial charge on any atom is -0.210 e. The van der Waals surface area contributed by atoms with Crippen molar-refractivity contribution in [2.45, 2.75) is 6.42 Å². The van der Waals surface area contributed by atoms with Gasteiger partial charge >= 0.3 is 0 Å². The van der Waals surface area contributed by atoms with Gasteiger partial charge in [-0.05, 0) is 17.5 Å². The standard InChI is InChI=1S/C16H15Cl2NO2S/c17-15(14-9-5-2-6-10-14)16(18)22(20,21)19-12-11-13-7-3-1-4-8-13/h1-10,19H,11-12H2. The number of sulfonamides is 1. The van der Waals surface area contributed by atoms with Crippen molar-refractivity contribution in [1.82, 2.24) is 4.72 Å². The highest BCUT2D eigenvalue weighted by molar-refractivity contribution is 7.95. The lowest BCUT2D eigenvalue weighted by Gasteiger charge is -2.08. The van der Waals surface area contributed by atoms with Gasteiger partial charge in [0.25, 0.3) is 10.0 Å². The Morgan fingerprint density at radius 2 is 1.45 bits per heavy atom. The zero-order chi connectivity index (χ0) is 16.0. The minimum absolute atomic E-state index is 0.00878. The van der Waals surface area contributed by atoms with Crippen LogP contribution in [0.15, 0.2) is 65.0 Å². The average Bonchev–Trinajstić information content (AvgIpc) is 2.55. The Hall–Kier alpha value is -1.33. The van der Waals surface area contributed by atoms with E-state index in [0.717, 1.165) is 5.56 Å². The summed E-state index contributed by atoms with van der Waals surface area (Å²) in [5.41, 5.74) is 1.60. The first-order chi connectivity index (χ1) is 10.5. The van der Waals surface area contributed by atoms with Crippen molar-refractivity contribution < 1.29 is 8.42 Å². The third-order valence-electron chi connectivity index (χ3n) is 2.98. The van der Waals surface area contributed by atoms with Gasteiger partial charge in [0, 0.05) is 6.54 Å². The fourth-order valence-electron chi connectivity index (χ4n) is 1.85. The van der Waals surface area contributed by atoms with Crippen molar-refractivity contribution in [2.75, 3.05) is 6.54 Å². The topological polar surface area (TPSA) is 46.2 Å². The van der Waals surface area contributed by atoms with Crippen LogP contribution in [0.1, 0.15) is 11.1 Å². The highest BCUT2D eigenvalue weighted by Gasteiger charge is 2.19. The van der Waals surface area contributed by atoms with Crippen LogP contribution < -0.4 is 4.72 Å². The number of rotatable bonds is 6. The van der Waals surface area contributed by atoms with Crippen LogP contribution >= 0.6 is 23.2 Å². The van der Waals surface area contributed by atoms with E-state index >= 15 is 0 Å². The number of hydrogen-bond donors (Lipinski definition) is 1. The highest BCUT2D eigenvalue weighted by atomic mass is 35.5. The second-order valence-corrected chi connectivity index (χ2v) is 7.27. The molecule has 6 heteroatoms. The fourth-order valence-corrected chi connectivity index (χ4v) is 3.41. The largest absolute Gasteiger partial charge is 0.252 e. The van der Waals surface area contributed by atoms with Gasteiger partial charge in [-0.25, -0.2) is 13.1 Å². The van der Waals surface area contributed by atoms with Crippen molar-refractivity contribution in [1.29, 1.82) is 0 Å². The van der Waals surface area contributed by atoms with Gasteiger partial charge in [0.2, 0.25) is 0 Å². The predicted octanol–water partition coefficient (Wildman–Crippen LogP) is 3.95. The molecular weight excluding hydrogens is 341 g/mol. The van der Waals surface area contributed by atoms with Gasteiger partial charge in [0.1, 0.15) is 0 Å². The van der Waals surface area contributed by atoms with Gasteiger partial charge in [-0.15, -0.1) is 0 Å². The molecule has 0 unspecified atom stereocenters. The first-order valence-corrected chi connectivity index (χ1v) is 8.89. The Balaban J connectivity index is 2.06. The van der Waals surface area contributed by atoms with Crippen LogP contribution in [0.5, 0.6) is 0 Å². The van der Waals surface area contributed by atoms with Crippen LogP contribution in [-0.2, 0) is 16.4 Å². The summed E-state index contributed by atoms with van der Waals surface area (Å²) in [5, 5.41) is 0.00878. The molecule has 0 heterocycles. The Labute approximate surface area is 140 Å². The summed E-state index contributed by atoms with van der Waals surface area (Å²) >= 11 is 12.0. The third kappa shape index (κ3) is 4.58. The van der Waals surface area contributed by atoms with E-state index in [-0.39, 0.29) is 11.6 Å². The van der Waals surface area contributed by atoms with E-state index in [9.17, 15) is 8.42 Å². The van der Waals surface area contributed by atoms with E-state index in [2.05, 4.69) is 4.72 Å². The van der Waals surface area contributed by atoms with Crippen molar-refractivity contribution in [2.24, 2.45) is 0 Å². The Morgan fingerprint density at radius 3 is 2.05 bits per heavy atom.